The Hall–Kier alpha value is -1.42. The molecule has 1 aromatic heterocycles. The number of nitrogens with zero attached hydrogens (tertiary/aromatic N) is 1. The Balaban J connectivity index is 2.32. The van der Waals surface area contributed by atoms with Crippen LogP contribution in [0.5, 0.6) is 0 Å². The lowest BCUT2D eigenvalue weighted by Crippen LogP contribution is -2.00. The Morgan fingerprint density at radius 3 is 2.79 bits per heavy atom. The molecule has 1 heterocycles. The minimum atomic E-state index is -0.199. The van der Waals surface area contributed by atoms with Gasteiger partial charge in [0.1, 0.15) is 5.82 Å². The molecule has 0 bridgehead atoms. The van der Waals surface area contributed by atoms with Crippen molar-refractivity contribution in [1.82, 2.24) is 9.55 Å². The molecule has 0 amide bonds. The number of halogens is 1. The molecule has 4 heteroatoms. The normalized spacial score (nSPS) is 10.4. The molecule has 0 aliphatic rings. The van der Waals surface area contributed by atoms with Gasteiger partial charge in [0.15, 0.2) is 4.77 Å². The molecular formula is C10H9FN2S. The lowest BCUT2D eigenvalue weighted by molar-refractivity contribution is 0.598. The summed E-state index contributed by atoms with van der Waals surface area (Å²) in [6.07, 6.45) is 3.54. The van der Waals surface area contributed by atoms with Gasteiger partial charge in [-0.1, -0.05) is 18.2 Å². The third-order valence-corrected chi connectivity index (χ3v) is 2.37. The van der Waals surface area contributed by atoms with Gasteiger partial charge in [-0.05, 0) is 18.3 Å². The van der Waals surface area contributed by atoms with Crippen LogP contribution in [0.25, 0.3) is 0 Å². The Labute approximate surface area is 86.0 Å². The van der Waals surface area contributed by atoms with Crippen LogP contribution in [0, 0.1) is 10.6 Å². The fourth-order valence-corrected chi connectivity index (χ4v) is 1.48. The standard InChI is InChI=1S/C10H9FN2S/c11-9-4-2-1-3-8(9)7-13-6-5-12-10(13)14/h1-6H,7H2,(H,12,14). The Morgan fingerprint density at radius 1 is 1.36 bits per heavy atom. The summed E-state index contributed by atoms with van der Waals surface area (Å²) in [5, 5.41) is 0. The summed E-state index contributed by atoms with van der Waals surface area (Å²) in [5.41, 5.74) is 0.642. The fourth-order valence-electron chi connectivity index (χ4n) is 1.28. The van der Waals surface area contributed by atoms with Crippen LogP contribution in [0.2, 0.25) is 0 Å². The van der Waals surface area contributed by atoms with Gasteiger partial charge in [-0.2, -0.15) is 0 Å². The fraction of sp³-hybridized carbons (Fsp3) is 0.100. The van der Waals surface area contributed by atoms with Gasteiger partial charge in [0.2, 0.25) is 0 Å². The van der Waals surface area contributed by atoms with Crippen LogP contribution in [0.15, 0.2) is 36.7 Å². The summed E-state index contributed by atoms with van der Waals surface area (Å²) < 4.78 is 15.6. The van der Waals surface area contributed by atoms with Crippen molar-refractivity contribution >= 4 is 12.2 Å². The molecule has 2 aromatic rings. The van der Waals surface area contributed by atoms with E-state index >= 15 is 0 Å². The van der Waals surface area contributed by atoms with E-state index < -0.39 is 0 Å². The maximum Gasteiger partial charge on any atom is 0.177 e. The molecule has 72 valence electrons. The van der Waals surface area contributed by atoms with E-state index in [1.165, 1.54) is 6.07 Å². The largest absolute Gasteiger partial charge is 0.337 e. The van der Waals surface area contributed by atoms with Crippen LogP contribution >= 0.6 is 12.2 Å². The van der Waals surface area contributed by atoms with Gasteiger partial charge in [-0.3, -0.25) is 0 Å². The highest BCUT2D eigenvalue weighted by Gasteiger charge is 2.01. The molecule has 1 N–H and O–H groups in total. The van der Waals surface area contributed by atoms with E-state index in [0.717, 1.165) is 0 Å². The summed E-state index contributed by atoms with van der Waals surface area (Å²) in [5.74, 6) is -0.199. The van der Waals surface area contributed by atoms with Crippen molar-refractivity contribution in [2.24, 2.45) is 0 Å². The lowest BCUT2D eigenvalue weighted by atomic mass is 10.2. The first kappa shape index (κ1) is 9.15. The predicted molar refractivity (Wildman–Crippen MR) is 55.1 cm³/mol. The molecule has 0 fully saturated rings. The molecule has 0 saturated heterocycles. The minimum absolute atomic E-state index is 0.199. The predicted octanol–water partition coefficient (Wildman–Crippen LogP) is 2.73. The number of imidazole rings is 1. The first-order chi connectivity index (χ1) is 6.77. The smallest absolute Gasteiger partial charge is 0.177 e. The van der Waals surface area contributed by atoms with Gasteiger partial charge in [-0.15, -0.1) is 0 Å². The van der Waals surface area contributed by atoms with Crippen molar-refractivity contribution in [2.45, 2.75) is 6.54 Å². The van der Waals surface area contributed by atoms with E-state index in [-0.39, 0.29) is 5.82 Å². The van der Waals surface area contributed by atoms with Crippen molar-refractivity contribution in [3.63, 3.8) is 0 Å². The molecule has 14 heavy (non-hydrogen) atoms. The van der Waals surface area contributed by atoms with E-state index in [2.05, 4.69) is 4.98 Å². The Kier molecular flexibility index (Phi) is 2.45. The third-order valence-electron chi connectivity index (χ3n) is 2.02. The second-order valence-corrected chi connectivity index (χ2v) is 3.37. The molecule has 0 aliphatic heterocycles. The zero-order valence-electron chi connectivity index (χ0n) is 7.40. The minimum Gasteiger partial charge on any atom is -0.337 e. The average molecular weight is 208 g/mol. The SMILES string of the molecule is Fc1ccccc1Cn1cc[nH]c1=S. The number of H-pyrrole nitrogens is 1. The summed E-state index contributed by atoms with van der Waals surface area (Å²) in [4.78, 5) is 2.86. The van der Waals surface area contributed by atoms with Crippen molar-refractivity contribution in [3.8, 4) is 0 Å². The van der Waals surface area contributed by atoms with Gasteiger partial charge in [0.05, 0.1) is 6.54 Å². The number of aromatic amines is 1. The van der Waals surface area contributed by atoms with E-state index in [0.29, 0.717) is 16.9 Å². The Bertz CT molecular complexity index is 487. The zero-order chi connectivity index (χ0) is 9.97. The van der Waals surface area contributed by atoms with Crippen molar-refractivity contribution < 1.29 is 4.39 Å². The van der Waals surface area contributed by atoms with Gasteiger partial charge in [0, 0.05) is 18.0 Å². The number of nitrogens with one attached hydrogen (secondary N) is 1. The first-order valence-electron chi connectivity index (χ1n) is 4.24. The summed E-state index contributed by atoms with van der Waals surface area (Å²) in [7, 11) is 0. The maximum atomic E-state index is 13.3. The van der Waals surface area contributed by atoms with Crippen LogP contribution in [0.1, 0.15) is 5.56 Å². The van der Waals surface area contributed by atoms with Crippen molar-refractivity contribution in [3.05, 3.63) is 52.8 Å². The van der Waals surface area contributed by atoms with E-state index in [4.69, 9.17) is 12.2 Å². The molecule has 1 aromatic carbocycles. The molecule has 0 spiro atoms. The van der Waals surface area contributed by atoms with Gasteiger partial charge < -0.3 is 9.55 Å². The maximum absolute atomic E-state index is 13.3. The van der Waals surface area contributed by atoms with Crippen LogP contribution < -0.4 is 0 Å². The summed E-state index contributed by atoms with van der Waals surface area (Å²) in [6, 6.07) is 6.69. The molecule has 2 nitrogen and oxygen atoms in total. The first-order valence-corrected chi connectivity index (χ1v) is 4.65. The van der Waals surface area contributed by atoms with Gasteiger partial charge >= 0.3 is 0 Å². The highest BCUT2D eigenvalue weighted by atomic mass is 32.1. The number of rotatable bonds is 2. The van der Waals surface area contributed by atoms with Gasteiger partial charge in [-0.25, -0.2) is 4.39 Å². The van der Waals surface area contributed by atoms with Crippen molar-refractivity contribution in [1.29, 1.82) is 0 Å². The van der Waals surface area contributed by atoms with E-state index in [9.17, 15) is 4.39 Å². The zero-order valence-corrected chi connectivity index (χ0v) is 8.22. The number of benzene rings is 1. The molecule has 0 unspecified atom stereocenters. The third kappa shape index (κ3) is 1.75. The molecule has 2 rings (SSSR count). The van der Waals surface area contributed by atoms with Crippen LogP contribution in [0.3, 0.4) is 0 Å². The quantitative estimate of drug-likeness (QED) is 0.752. The average Bonchev–Trinajstić information content (AvgIpc) is 2.56. The highest BCUT2D eigenvalue weighted by molar-refractivity contribution is 7.71. The highest BCUT2D eigenvalue weighted by Crippen LogP contribution is 2.08. The molecule has 0 atom stereocenters. The van der Waals surface area contributed by atoms with Crippen LogP contribution in [-0.2, 0) is 6.54 Å². The molecule has 0 saturated carbocycles. The van der Waals surface area contributed by atoms with Crippen LogP contribution in [0.4, 0.5) is 4.39 Å². The summed E-state index contributed by atoms with van der Waals surface area (Å²) >= 11 is 5.01. The second kappa shape index (κ2) is 3.75. The van der Waals surface area contributed by atoms with Gasteiger partial charge in [0.25, 0.3) is 0 Å². The van der Waals surface area contributed by atoms with E-state index in [1.807, 2.05) is 6.07 Å². The Morgan fingerprint density at radius 2 is 2.14 bits per heavy atom. The summed E-state index contributed by atoms with van der Waals surface area (Å²) in [6.45, 7) is 0.467. The molecule has 0 aliphatic carbocycles. The number of hydrogen-bond acceptors (Lipinski definition) is 1. The second-order valence-electron chi connectivity index (χ2n) is 2.98. The lowest BCUT2D eigenvalue weighted by Gasteiger charge is -2.03. The van der Waals surface area contributed by atoms with Crippen molar-refractivity contribution in [2.75, 3.05) is 0 Å². The van der Waals surface area contributed by atoms with E-state index in [1.54, 1.807) is 29.1 Å². The molecule has 0 radical (unpaired) electrons. The molecular weight excluding hydrogens is 199 g/mol. The monoisotopic (exact) mass is 208 g/mol. The topological polar surface area (TPSA) is 20.7 Å². The number of hydrogen-bond donors (Lipinski definition) is 1. The number of aromatic nitrogens is 2. The van der Waals surface area contributed by atoms with Crippen LogP contribution in [-0.4, -0.2) is 9.55 Å².